The molecule has 3 aromatic rings. The van der Waals surface area contributed by atoms with Crippen LogP contribution in [-0.2, 0) is 16.6 Å². The summed E-state index contributed by atoms with van der Waals surface area (Å²) in [5.74, 6) is 0. The highest BCUT2D eigenvalue weighted by atomic mass is 35.5. The molecule has 8 heteroatoms. The van der Waals surface area contributed by atoms with E-state index in [1.807, 2.05) is 35.0 Å². The number of nitrogens with zero attached hydrogens (tertiary/aromatic N) is 4. The maximum atomic E-state index is 12.8. The van der Waals surface area contributed by atoms with E-state index in [4.69, 9.17) is 11.6 Å². The molecular weight excluding hydrogens is 372 g/mol. The van der Waals surface area contributed by atoms with Crippen LogP contribution in [0.1, 0.15) is 5.69 Å². The van der Waals surface area contributed by atoms with Crippen LogP contribution < -0.4 is 0 Å². The van der Waals surface area contributed by atoms with E-state index in [1.165, 1.54) is 4.31 Å². The molecule has 1 fully saturated rings. The van der Waals surface area contributed by atoms with Gasteiger partial charge in [-0.2, -0.15) is 4.31 Å². The Balaban J connectivity index is 1.43. The van der Waals surface area contributed by atoms with Gasteiger partial charge in [0, 0.05) is 45.1 Å². The van der Waals surface area contributed by atoms with Gasteiger partial charge in [0.15, 0.2) is 0 Å². The van der Waals surface area contributed by atoms with Crippen molar-refractivity contribution in [3.05, 3.63) is 65.6 Å². The van der Waals surface area contributed by atoms with Gasteiger partial charge in [0.1, 0.15) is 10.5 Å². The fourth-order valence-corrected chi connectivity index (χ4v) is 5.13. The number of fused-ring (bicyclic) bond motifs is 1. The van der Waals surface area contributed by atoms with Crippen LogP contribution >= 0.6 is 11.6 Å². The average Bonchev–Trinajstić information content (AvgIpc) is 3.04. The second kappa shape index (κ2) is 7.00. The summed E-state index contributed by atoms with van der Waals surface area (Å²) in [5, 5.41) is 0.264. The molecule has 0 saturated carbocycles. The Morgan fingerprint density at radius 1 is 1.00 bits per heavy atom. The van der Waals surface area contributed by atoms with E-state index in [-0.39, 0.29) is 9.92 Å². The molecule has 0 atom stereocenters. The number of benzene rings is 1. The SMILES string of the molecule is O=S(=O)(c1ccccc1Cl)N1CCN(Cc2cn3ccccc3n2)CC1. The maximum Gasteiger partial charge on any atom is 0.244 e. The number of aromatic nitrogens is 2. The van der Waals surface area contributed by atoms with Crippen LogP contribution in [0.15, 0.2) is 59.8 Å². The minimum atomic E-state index is -3.55. The zero-order valence-electron chi connectivity index (χ0n) is 14.1. The van der Waals surface area contributed by atoms with Crippen molar-refractivity contribution >= 4 is 27.3 Å². The largest absolute Gasteiger partial charge is 0.307 e. The minimum absolute atomic E-state index is 0.176. The molecule has 1 aliphatic heterocycles. The zero-order valence-corrected chi connectivity index (χ0v) is 15.7. The number of imidazole rings is 1. The van der Waals surface area contributed by atoms with Gasteiger partial charge < -0.3 is 4.40 Å². The number of halogens is 1. The van der Waals surface area contributed by atoms with E-state index in [2.05, 4.69) is 9.88 Å². The number of hydrogen-bond donors (Lipinski definition) is 0. The third-order valence-corrected chi connectivity index (χ3v) is 6.98. The summed E-state index contributed by atoms with van der Waals surface area (Å²) in [5.41, 5.74) is 1.90. The van der Waals surface area contributed by atoms with E-state index in [9.17, 15) is 8.42 Å². The quantitative estimate of drug-likeness (QED) is 0.686. The molecule has 3 heterocycles. The minimum Gasteiger partial charge on any atom is -0.307 e. The van der Waals surface area contributed by atoms with Crippen LogP contribution in [0.2, 0.25) is 5.02 Å². The number of pyridine rings is 1. The molecule has 2 aromatic heterocycles. The summed E-state index contributed by atoms with van der Waals surface area (Å²) in [7, 11) is -3.55. The van der Waals surface area contributed by atoms with Gasteiger partial charge in [0.05, 0.1) is 10.7 Å². The van der Waals surface area contributed by atoms with Crippen molar-refractivity contribution in [2.75, 3.05) is 26.2 Å². The van der Waals surface area contributed by atoms with Gasteiger partial charge in [0.25, 0.3) is 0 Å². The molecule has 26 heavy (non-hydrogen) atoms. The summed E-state index contributed by atoms with van der Waals surface area (Å²) < 4.78 is 29.1. The lowest BCUT2D eigenvalue weighted by atomic mass is 10.3. The summed E-state index contributed by atoms with van der Waals surface area (Å²) in [6.07, 6.45) is 3.99. The topological polar surface area (TPSA) is 57.9 Å². The lowest BCUT2D eigenvalue weighted by Gasteiger charge is -2.33. The van der Waals surface area contributed by atoms with Crippen LogP contribution in [0.3, 0.4) is 0 Å². The Morgan fingerprint density at radius 2 is 1.73 bits per heavy atom. The van der Waals surface area contributed by atoms with Gasteiger partial charge in [-0.1, -0.05) is 29.8 Å². The number of rotatable bonds is 4. The summed E-state index contributed by atoms with van der Waals surface area (Å²) in [4.78, 5) is 7.00. The predicted octanol–water partition coefficient (Wildman–Crippen LogP) is 2.49. The van der Waals surface area contributed by atoms with Gasteiger partial charge in [-0.3, -0.25) is 4.90 Å². The van der Waals surface area contributed by atoms with Crippen molar-refractivity contribution in [3.8, 4) is 0 Å². The molecule has 136 valence electrons. The zero-order chi connectivity index (χ0) is 18.1. The van der Waals surface area contributed by atoms with E-state index in [0.29, 0.717) is 32.7 Å². The van der Waals surface area contributed by atoms with Gasteiger partial charge in [0.2, 0.25) is 10.0 Å². The Hall–Kier alpha value is -1.93. The maximum absolute atomic E-state index is 12.8. The molecule has 1 saturated heterocycles. The monoisotopic (exact) mass is 390 g/mol. The molecule has 0 bridgehead atoms. The summed E-state index contributed by atoms with van der Waals surface area (Å²) in [6, 6.07) is 12.5. The fraction of sp³-hybridized carbons (Fsp3) is 0.278. The Bertz CT molecular complexity index is 993. The second-order valence-corrected chi connectivity index (χ2v) is 8.62. The van der Waals surface area contributed by atoms with Crippen molar-refractivity contribution in [3.63, 3.8) is 0 Å². The van der Waals surface area contributed by atoms with Crippen molar-refractivity contribution < 1.29 is 8.42 Å². The van der Waals surface area contributed by atoms with Crippen LogP contribution in [0, 0.1) is 0 Å². The van der Waals surface area contributed by atoms with E-state index < -0.39 is 10.0 Å². The summed E-state index contributed by atoms with van der Waals surface area (Å²) in [6.45, 7) is 2.93. The van der Waals surface area contributed by atoms with E-state index >= 15 is 0 Å². The van der Waals surface area contributed by atoms with E-state index in [0.717, 1.165) is 11.3 Å². The lowest BCUT2D eigenvalue weighted by Crippen LogP contribution is -2.48. The van der Waals surface area contributed by atoms with Crippen LogP contribution in [0.25, 0.3) is 5.65 Å². The first-order valence-corrected chi connectivity index (χ1v) is 10.3. The molecule has 0 unspecified atom stereocenters. The average molecular weight is 391 g/mol. The van der Waals surface area contributed by atoms with Crippen LogP contribution in [0.4, 0.5) is 0 Å². The molecule has 6 nitrogen and oxygen atoms in total. The summed E-state index contributed by atoms with van der Waals surface area (Å²) >= 11 is 6.08. The standard InChI is InChI=1S/C18H19ClN4O2S/c19-16-5-1-2-6-17(16)26(24,25)23-11-9-21(10-12-23)13-15-14-22-8-4-3-7-18(22)20-15/h1-8,14H,9-13H2. The van der Waals surface area contributed by atoms with Crippen molar-refractivity contribution in [1.82, 2.24) is 18.6 Å². The molecule has 1 aliphatic rings. The van der Waals surface area contributed by atoms with Gasteiger partial charge in [-0.15, -0.1) is 0 Å². The fourth-order valence-electron chi connectivity index (χ4n) is 3.21. The molecule has 0 amide bonds. The first kappa shape index (κ1) is 17.5. The number of sulfonamides is 1. The molecule has 0 spiro atoms. The number of hydrogen-bond acceptors (Lipinski definition) is 4. The van der Waals surface area contributed by atoms with Crippen molar-refractivity contribution in [2.45, 2.75) is 11.4 Å². The predicted molar refractivity (Wildman–Crippen MR) is 101 cm³/mol. The number of piperazine rings is 1. The second-order valence-electron chi connectivity index (χ2n) is 6.31. The molecule has 1 aromatic carbocycles. The van der Waals surface area contributed by atoms with E-state index in [1.54, 1.807) is 24.3 Å². The molecule has 0 N–H and O–H groups in total. The van der Waals surface area contributed by atoms with Crippen LogP contribution in [0.5, 0.6) is 0 Å². The molecular formula is C18H19ClN4O2S. The first-order chi connectivity index (χ1) is 12.5. The van der Waals surface area contributed by atoms with Gasteiger partial charge >= 0.3 is 0 Å². The van der Waals surface area contributed by atoms with Crippen molar-refractivity contribution in [2.24, 2.45) is 0 Å². The smallest absolute Gasteiger partial charge is 0.244 e. The van der Waals surface area contributed by atoms with Gasteiger partial charge in [-0.05, 0) is 24.3 Å². The Morgan fingerprint density at radius 3 is 2.46 bits per heavy atom. The van der Waals surface area contributed by atoms with Crippen LogP contribution in [-0.4, -0.2) is 53.2 Å². The highest BCUT2D eigenvalue weighted by Gasteiger charge is 2.30. The molecule has 0 aliphatic carbocycles. The lowest BCUT2D eigenvalue weighted by molar-refractivity contribution is 0.180. The molecule has 0 radical (unpaired) electrons. The third-order valence-electron chi connectivity index (χ3n) is 4.59. The Kier molecular flexibility index (Phi) is 4.71. The first-order valence-electron chi connectivity index (χ1n) is 8.44. The molecule has 4 rings (SSSR count). The highest BCUT2D eigenvalue weighted by molar-refractivity contribution is 7.89. The third kappa shape index (κ3) is 3.35. The normalized spacial score (nSPS) is 17.0. The van der Waals surface area contributed by atoms with Crippen molar-refractivity contribution in [1.29, 1.82) is 0 Å². The Labute approximate surface area is 157 Å². The van der Waals surface area contributed by atoms with Gasteiger partial charge in [-0.25, -0.2) is 13.4 Å². The highest BCUT2D eigenvalue weighted by Crippen LogP contribution is 2.25.